The Bertz CT molecular complexity index is 885. The van der Waals surface area contributed by atoms with Crippen LogP contribution in [0.1, 0.15) is 15.9 Å². The lowest BCUT2D eigenvalue weighted by molar-refractivity contribution is 0.0950. The summed E-state index contributed by atoms with van der Waals surface area (Å²) in [5.74, 6) is 0.346. The van der Waals surface area contributed by atoms with Gasteiger partial charge in [0.1, 0.15) is 5.75 Å². The zero-order chi connectivity index (χ0) is 19.9. The Morgan fingerprint density at radius 2 is 1.81 bits per heavy atom. The minimum atomic E-state index is -3.72. The first-order valence-electron chi connectivity index (χ1n) is 8.06. The molecule has 0 fully saturated rings. The number of carbonyl (C=O) groups excluding carboxylic acids is 1. The number of sulfonamides is 1. The lowest BCUT2D eigenvalue weighted by atomic mass is 10.2. The average molecular weight is 457 g/mol. The van der Waals surface area contributed by atoms with Crippen molar-refractivity contribution in [2.45, 2.75) is 11.4 Å². The third-order valence-corrected chi connectivity index (χ3v) is 5.85. The van der Waals surface area contributed by atoms with E-state index in [1.165, 1.54) is 25.3 Å². The van der Waals surface area contributed by atoms with Gasteiger partial charge in [-0.2, -0.15) is 0 Å². The second kappa shape index (κ2) is 9.84. The minimum absolute atomic E-state index is 0.0106. The first-order chi connectivity index (χ1) is 12.9. The molecule has 27 heavy (non-hydrogen) atoms. The number of hydrogen-bond donors (Lipinski definition) is 2. The molecule has 0 aliphatic heterocycles. The summed E-state index contributed by atoms with van der Waals surface area (Å²) >= 11 is 3.29. The second-order valence-corrected chi connectivity index (χ2v) is 8.18. The summed E-state index contributed by atoms with van der Waals surface area (Å²) in [5, 5.41) is 2.78. The van der Waals surface area contributed by atoms with E-state index in [9.17, 15) is 13.2 Å². The van der Waals surface area contributed by atoms with Crippen LogP contribution >= 0.6 is 15.9 Å². The largest absolute Gasteiger partial charge is 0.497 e. The fourth-order valence-electron chi connectivity index (χ4n) is 2.23. The molecule has 0 unspecified atom stereocenters. The van der Waals surface area contributed by atoms with E-state index in [2.05, 4.69) is 26.0 Å². The van der Waals surface area contributed by atoms with Crippen LogP contribution in [0.5, 0.6) is 5.75 Å². The van der Waals surface area contributed by atoms with Gasteiger partial charge < -0.3 is 14.8 Å². The standard InChI is InChI=1S/C18H21BrN2O5S/c1-25-10-9-21-27(23,24)15-7-8-17(19)16(11-15)18(22)20-12-13-3-5-14(26-2)6-4-13/h3-8,11,21H,9-10,12H2,1-2H3,(H,20,22). The summed E-state index contributed by atoms with van der Waals surface area (Å²) < 4.78 is 37.5. The molecule has 0 saturated carbocycles. The number of amides is 1. The molecule has 0 aliphatic rings. The third-order valence-electron chi connectivity index (χ3n) is 3.70. The van der Waals surface area contributed by atoms with Crippen molar-refractivity contribution in [1.29, 1.82) is 0 Å². The van der Waals surface area contributed by atoms with Crippen LogP contribution < -0.4 is 14.8 Å². The normalized spacial score (nSPS) is 11.2. The van der Waals surface area contributed by atoms with Crippen molar-refractivity contribution in [2.75, 3.05) is 27.4 Å². The van der Waals surface area contributed by atoms with Crippen molar-refractivity contribution in [2.24, 2.45) is 0 Å². The minimum Gasteiger partial charge on any atom is -0.497 e. The van der Waals surface area contributed by atoms with Crippen LogP contribution in [-0.4, -0.2) is 41.7 Å². The Morgan fingerprint density at radius 1 is 1.11 bits per heavy atom. The van der Waals surface area contributed by atoms with Gasteiger partial charge in [0.2, 0.25) is 10.0 Å². The van der Waals surface area contributed by atoms with E-state index in [1.807, 2.05) is 12.1 Å². The fourth-order valence-corrected chi connectivity index (χ4v) is 3.69. The van der Waals surface area contributed by atoms with E-state index in [1.54, 1.807) is 19.2 Å². The molecule has 2 N–H and O–H groups in total. The fraction of sp³-hybridized carbons (Fsp3) is 0.278. The Morgan fingerprint density at radius 3 is 2.44 bits per heavy atom. The van der Waals surface area contributed by atoms with Gasteiger partial charge in [0.15, 0.2) is 0 Å². The van der Waals surface area contributed by atoms with Crippen molar-refractivity contribution in [3.63, 3.8) is 0 Å². The third kappa shape index (κ3) is 6.03. The van der Waals surface area contributed by atoms with E-state index < -0.39 is 10.0 Å². The van der Waals surface area contributed by atoms with Crippen LogP contribution in [0.3, 0.4) is 0 Å². The van der Waals surface area contributed by atoms with Crippen molar-refractivity contribution in [1.82, 2.24) is 10.0 Å². The smallest absolute Gasteiger partial charge is 0.252 e. The maximum absolute atomic E-state index is 12.5. The van der Waals surface area contributed by atoms with Crippen LogP contribution in [-0.2, 0) is 21.3 Å². The molecule has 2 aromatic rings. The second-order valence-electron chi connectivity index (χ2n) is 5.56. The Hall–Kier alpha value is -1.94. The highest BCUT2D eigenvalue weighted by Gasteiger charge is 2.18. The Balaban J connectivity index is 2.10. The van der Waals surface area contributed by atoms with Crippen LogP contribution in [0, 0.1) is 0 Å². The summed E-state index contributed by atoms with van der Waals surface area (Å²) in [5.41, 5.74) is 1.13. The van der Waals surface area contributed by atoms with Crippen LogP contribution in [0.15, 0.2) is 51.8 Å². The summed E-state index contributed by atoms with van der Waals surface area (Å²) in [6.45, 7) is 0.706. The van der Waals surface area contributed by atoms with Gasteiger partial charge in [-0.3, -0.25) is 4.79 Å². The van der Waals surface area contributed by atoms with Crippen LogP contribution in [0.2, 0.25) is 0 Å². The molecule has 9 heteroatoms. The molecule has 0 spiro atoms. The van der Waals surface area contributed by atoms with Gasteiger partial charge in [0.25, 0.3) is 5.91 Å². The Labute approximate surface area is 167 Å². The van der Waals surface area contributed by atoms with Crippen LogP contribution in [0.25, 0.3) is 0 Å². The SMILES string of the molecule is COCCNS(=O)(=O)c1ccc(Br)c(C(=O)NCc2ccc(OC)cc2)c1. The number of ether oxygens (including phenoxy) is 2. The monoisotopic (exact) mass is 456 g/mol. The van der Waals surface area contributed by atoms with E-state index in [0.29, 0.717) is 11.0 Å². The van der Waals surface area contributed by atoms with Gasteiger partial charge in [0, 0.05) is 24.7 Å². The number of benzene rings is 2. The lowest BCUT2D eigenvalue weighted by Gasteiger charge is -2.11. The van der Waals surface area contributed by atoms with E-state index in [-0.39, 0.29) is 29.5 Å². The molecule has 0 saturated heterocycles. The number of methoxy groups -OCH3 is 2. The van der Waals surface area contributed by atoms with Crippen molar-refractivity contribution >= 4 is 31.9 Å². The van der Waals surface area contributed by atoms with E-state index in [0.717, 1.165) is 11.3 Å². The highest BCUT2D eigenvalue weighted by Crippen LogP contribution is 2.21. The lowest BCUT2D eigenvalue weighted by Crippen LogP contribution is -2.28. The molecule has 2 rings (SSSR count). The molecular weight excluding hydrogens is 436 g/mol. The highest BCUT2D eigenvalue weighted by molar-refractivity contribution is 9.10. The van der Waals surface area contributed by atoms with Gasteiger partial charge >= 0.3 is 0 Å². The topological polar surface area (TPSA) is 93.7 Å². The van der Waals surface area contributed by atoms with E-state index >= 15 is 0 Å². The number of carbonyl (C=O) groups is 1. The molecule has 0 heterocycles. The van der Waals surface area contributed by atoms with E-state index in [4.69, 9.17) is 9.47 Å². The quantitative estimate of drug-likeness (QED) is 0.564. The Kier molecular flexibility index (Phi) is 7.78. The molecule has 2 aromatic carbocycles. The highest BCUT2D eigenvalue weighted by atomic mass is 79.9. The molecular formula is C18H21BrN2O5S. The van der Waals surface area contributed by atoms with Crippen molar-refractivity contribution < 1.29 is 22.7 Å². The molecule has 0 aromatic heterocycles. The van der Waals surface area contributed by atoms with Crippen molar-refractivity contribution in [3.8, 4) is 5.75 Å². The zero-order valence-electron chi connectivity index (χ0n) is 15.0. The summed E-state index contributed by atoms with van der Waals surface area (Å²) in [6.07, 6.45) is 0. The molecule has 0 bridgehead atoms. The molecule has 0 atom stereocenters. The summed E-state index contributed by atoms with van der Waals surface area (Å²) in [6, 6.07) is 11.6. The van der Waals surface area contributed by atoms with Gasteiger partial charge in [0.05, 0.1) is 24.2 Å². The average Bonchev–Trinajstić information content (AvgIpc) is 2.66. The van der Waals surface area contributed by atoms with Crippen LogP contribution in [0.4, 0.5) is 0 Å². The molecule has 7 nitrogen and oxygen atoms in total. The number of halogens is 1. The van der Waals surface area contributed by atoms with Gasteiger partial charge in [-0.25, -0.2) is 13.1 Å². The predicted octanol–water partition coefficient (Wildman–Crippen LogP) is 2.31. The van der Waals surface area contributed by atoms with Gasteiger partial charge in [-0.1, -0.05) is 12.1 Å². The maximum atomic E-state index is 12.5. The number of nitrogens with one attached hydrogen (secondary N) is 2. The predicted molar refractivity (Wildman–Crippen MR) is 105 cm³/mol. The molecule has 146 valence electrons. The first kappa shape index (κ1) is 21.4. The van der Waals surface area contributed by atoms with Gasteiger partial charge in [-0.15, -0.1) is 0 Å². The molecule has 1 amide bonds. The summed E-state index contributed by atoms with van der Waals surface area (Å²) in [4.78, 5) is 12.5. The molecule has 0 aliphatic carbocycles. The number of hydrogen-bond acceptors (Lipinski definition) is 5. The molecule has 0 radical (unpaired) electrons. The summed E-state index contributed by atoms with van der Waals surface area (Å²) in [7, 11) is -0.657. The first-order valence-corrected chi connectivity index (χ1v) is 10.3. The maximum Gasteiger partial charge on any atom is 0.252 e. The number of rotatable bonds is 9. The van der Waals surface area contributed by atoms with Gasteiger partial charge in [-0.05, 0) is 51.8 Å². The zero-order valence-corrected chi connectivity index (χ0v) is 17.4. The van der Waals surface area contributed by atoms with Crippen molar-refractivity contribution in [3.05, 3.63) is 58.1 Å².